The van der Waals surface area contributed by atoms with Crippen LogP contribution in [0.25, 0.3) is 0 Å². The van der Waals surface area contributed by atoms with Crippen molar-refractivity contribution in [2.45, 2.75) is 213 Å². The van der Waals surface area contributed by atoms with Gasteiger partial charge in [-0.25, -0.2) is 0 Å². The maximum atomic E-state index is 12.4. The highest BCUT2D eigenvalue weighted by Crippen LogP contribution is 2.16. The predicted molar refractivity (Wildman–Crippen MR) is 206 cm³/mol. The molecule has 0 bridgehead atoms. The number of hydrogen-bond acceptors (Lipinski definition) is 2. The molecule has 2 heteroatoms. The number of aldehydes is 1. The first-order chi connectivity index (χ1) is 22.8. The van der Waals surface area contributed by atoms with Crippen molar-refractivity contribution in [3.63, 3.8) is 0 Å². The lowest BCUT2D eigenvalue weighted by Crippen LogP contribution is -2.13. The van der Waals surface area contributed by atoms with Gasteiger partial charge < -0.3 is 4.79 Å². The molecule has 0 radical (unpaired) electrons. The van der Waals surface area contributed by atoms with Crippen LogP contribution in [0.15, 0.2) is 48.6 Å². The van der Waals surface area contributed by atoms with Gasteiger partial charge in [0.15, 0.2) is 5.78 Å². The van der Waals surface area contributed by atoms with Crippen LogP contribution in [0.1, 0.15) is 213 Å². The van der Waals surface area contributed by atoms with Gasteiger partial charge in [-0.2, -0.15) is 0 Å². The molecule has 0 aromatic heterocycles. The minimum absolute atomic E-state index is 0.0672. The third-order valence-electron chi connectivity index (χ3n) is 9.32. The van der Waals surface area contributed by atoms with E-state index in [0.717, 1.165) is 25.5 Å². The van der Waals surface area contributed by atoms with Gasteiger partial charge in [0, 0.05) is 0 Å². The Kier molecular flexibility index (Phi) is 38.0. The second-order valence-electron chi connectivity index (χ2n) is 13.8. The van der Waals surface area contributed by atoms with Crippen molar-refractivity contribution in [1.29, 1.82) is 0 Å². The lowest BCUT2D eigenvalue weighted by molar-refractivity contribution is -0.124. The summed E-state index contributed by atoms with van der Waals surface area (Å²) < 4.78 is 0. The van der Waals surface area contributed by atoms with Crippen LogP contribution in [0.2, 0.25) is 0 Å². The minimum atomic E-state index is -0.486. The number of unbranched alkanes of at least 4 members (excludes halogenated alkanes) is 28. The molecule has 1 atom stereocenters. The number of rotatable bonds is 37. The van der Waals surface area contributed by atoms with Crippen molar-refractivity contribution in [3.05, 3.63) is 48.6 Å². The third kappa shape index (κ3) is 35.2. The molecule has 0 amide bonds. The Balaban J connectivity index is 3.62. The summed E-state index contributed by atoms with van der Waals surface area (Å²) in [5, 5.41) is 0. The molecule has 0 aromatic carbocycles. The highest BCUT2D eigenvalue weighted by atomic mass is 16.1. The van der Waals surface area contributed by atoms with Crippen molar-refractivity contribution >= 4 is 12.1 Å². The van der Waals surface area contributed by atoms with Crippen molar-refractivity contribution in [2.75, 3.05) is 0 Å². The van der Waals surface area contributed by atoms with E-state index in [1.165, 1.54) is 173 Å². The Hall–Kier alpha value is -1.70. The molecular weight excluding hydrogens is 560 g/mol. The van der Waals surface area contributed by atoms with E-state index < -0.39 is 5.92 Å². The van der Waals surface area contributed by atoms with Crippen LogP contribution < -0.4 is 0 Å². The fourth-order valence-electron chi connectivity index (χ4n) is 6.18. The first-order valence-corrected chi connectivity index (χ1v) is 20.4. The van der Waals surface area contributed by atoms with E-state index in [0.29, 0.717) is 6.42 Å². The topological polar surface area (TPSA) is 34.1 Å². The Labute approximate surface area is 288 Å². The Morgan fingerprint density at radius 2 is 0.739 bits per heavy atom. The Morgan fingerprint density at radius 3 is 1.13 bits per heavy atom. The van der Waals surface area contributed by atoms with Crippen molar-refractivity contribution in [1.82, 2.24) is 0 Å². The van der Waals surface area contributed by atoms with Gasteiger partial charge in [0.25, 0.3) is 0 Å². The van der Waals surface area contributed by atoms with E-state index in [1.807, 2.05) is 24.3 Å². The Morgan fingerprint density at radius 1 is 0.413 bits per heavy atom. The summed E-state index contributed by atoms with van der Waals surface area (Å²) in [5.74, 6) is -0.554. The minimum Gasteiger partial charge on any atom is -0.303 e. The summed E-state index contributed by atoms with van der Waals surface area (Å²) >= 11 is 0. The van der Waals surface area contributed by atoms with Crippen LogP contribution >= 0.6 is 0 Å². The van der Waals surface area contributed by atoms with E-state index in [-0.39, 0.29) is 5.78 Å². The number of ketones is 1. The van der Waals surface area contributed by atoms with Crippen molar-refractivity contribution < 1.29 is 9.59 Å². The summed E-state index contributed by atoms with van der Waals surface area (Å²) in [6, 6.07) is 0. The van der Waals surface area contributed by atoms with Crippen LogP contribution in [0.3, 0.4) is 0 Å². The highest BCUT2D eigenvalue weighted by molar-refractivity contribution is 6.00. The molecule has 0 heterocycles. The predicted octanol–water partition coefficient (Wildman–Crippen LogP) is 14.7. The monoisotopic (exact) mass is 639 g/mol. The smallest absolute Gasteiger partial charge is 0.165 e. The van der Waals surface area contributed by atoms with Gasteiger partial charge in [0.05, 0.1) is 5.92 Å². The molecule has 0 saturated carbocycles. The lowest BCUT2D eigenvalue weighted by Gasteiger charge is -2.06. The maximum Gasteiger partial charge on any atom is 0.165 e. The van der Waals surface area contributed by atoms with Gasteiger partial charge in [-0.1, -0.05) is 236 Å². The van der Waals surface area contributed by atoms with Crippen molar-refractivity contribution in [2.24, 2.45) is 5.92 Å². The second kappa shape index (κ2) is 39.5. The zero-order chi connectivity index (χ0) is 33.4. The number of hydrogen-bond donors (Lipinski definition) is 0. The van der Waals surface area contributed by atoms with Gasteiger partial charge in [0.1, 0.15) is 6.29 Å². The van der Waals surface area contributed by atoms with E-state index >= 15 is 0 Å². The summed E-state index contributed by atoms with van der Waals surface area (Å²) in [6.45, 7) is 4.57. The summed E-state index contributed by atoms with van der Waals surface area (Å²) in [7, 11) is 0. The summed E-state index contributed by atoms with van der Waals surface area (Å²) in [5.41, 5.74) is 0. The fourth-order valence-corrected chi connectivity index (χ4v) is 6.18. The van der Waals surface area contributed by atoms with Crippen LogP contribution in [0, 0.1) is 5.92 Å². The zero-order valence-corrected chi connectivity index (χ0v) is 31.0. The van der Waals surface area contributed by atoms with Gasteiger partial charge >= 0.3 is 0 Å². The first-order valence-electron chi connectivity index (χ1n) is 20.4. The molecule has 266 valence electrons. The van der Waals surface area contributed by atoms with E-state index in [4.69, 9.17) is 0 Å². The largest absolute Gasteiger partial charge is 0.303 e. The fraction of sp³-hybridized carbons (Fsp3) is 0.773. The van der Waals surface area contributed by atoms with Crippen LogP contribution in [-0.2, 0) is 9.59 Å². The first kappa shape index (κ1) is 44.3. The maximum absolute atomic E-state index is 12.4. The van der Waals surface area contributed by atoms with Gasteiger partial charge in [-0.3, -0.25) is 4.79 Å². The van der Waals surface area contributed by atoms with Crippen LogP contribution in [0.4, 0.5) is 0 Å². The lowest BCUT2D eigenvalue weighted by atomic mass is 9.97. The SMILES string of the molecule is CCCCCCCCCCCCCC=CC=CC=CC=CC(=O)C(C=O)CCCCCCCCCCCCCCCCCCCC. The number of allylic oxidation sites excluding steroid dienone is 8. The molecule has 0 rings (SSSR count). The zero-order valence-electron chi connectivity index (χ0n) is 31.0. The summed E-state index contributed by atoms with van der Waals surface area (Å²) in [6.07, 6.45) is 57.6. The average Bonchev–Trinajstić information content (AvgIpc) is 3.06. The standard InChI is InChI=1S/C44H78O2/c1-3-5-7-9-11-13-15-17-19-21-23-25-27-29-31-33-35-37-39-41-44(46)43(42-45)40-38-36-34-32-30-28-26-24-22-20-18-16-14-12-10-8-6-4-2/h27,29,31,33,35,37,39,41-43H,3-26,28,30,32,34,36,38,40H2,1-2H3. The molecule has 0 saturated heterocycles. The van der Waals surface area contributed by atoms with E-state index in [9.17, 15) is 9.59 Å². The highest BCUT2D eigenvalue weighted by Gasteiger charge is 2.13. The third-order valence-corrected chi connectivity index (χ3v) is 9.32. The molecule has 46 heavy (non-hydrogen) atoms. The molecule has 0 N–H and O–H groups in total. The average molecular weight is 639 g/mol. The number of carbonyl (C=O) groups is 2. The Bertz CT molecular complexity index is 743. The molecule has 1 unspecified atom stereocenters. The molecule has 0 aliphatic rings. The van der Waals surface area contributed by atoms with Crippen molar-refractivity contribution in [3.8, 4) is 0 Å². The van der Waals surface area contributed by atoms with Crippen LogP contribution in [-0.4, -0.2) is 12.1 Å². The van der Waals surface area contributed by atoms with Gasteiger partial charge in [0.2, 0.25) is 0 Å². The molecule has 2 nitrogen and oxygen atoms in total. The molecular formula is C44H78O2. The second-order valence-corrected chi connectivity index (χ2v) is 13.8. The van der Waals surface area contributed by atoms with Crippen LogP contribution in [0.5, 0.6) is 0 Å². The van der Waals surface area contributed by atoms with E-state index in [2.05, 4.69) is 26.0 Å². The van der Waals surface area contributed by atoms with Gasteiger partial charge in [-0.05, 0) is 25.3 Å². The van der Waals surface area contributed by atoms with E-state index in [1.54, 1.807) is 12.2 Å². The molecule has 0 aliphatic heterocycles. The van der Waals surface area contributed by atoms with Gasteiger partial charge in [-0.15, -0.1) is 0 Å². The molecule has 0 spiro atoms. The quantitative estimate of drug-likeness (QED) is 0.0223. The molecule has 0 aromatic rings. The summed E-state index contributed by atoms with van der Waals surface area (Å²) in [4.78, 5) is 23.9. The normalized spacial score (nSPS) is 12.8. The molecule has 0 aliphatic carbocycles. The number of carbonyl (C=O) groups excluding carboxylic acids is 2. The molecule has 0 fully saturated rings.